The fourth-order valence-electron chi connectivity index (χ4n) is 2.38. The Morgan fingerprint density at radius 3 is 1.46 bits per heavy atom. The van der Waals surface area contributed by atoms with E-state index in [9.17, 15) is 0 Å². The third-order valence-electron chi connectivity index (χ3n) is 3.62. The Balaban J connectivity index is 2.56. The maximum atomic E-state index is 5.27. The highest BCUT2D eigenvalue weighted by atomic mass is 31.1. The molecule has 0 N–H and O–H groups in total. The zero-order valence-corrected chi connectivity index (χ0v) is 16.0. The second-order valence-corrected chi connectivity index (χ2v) is 6.84. The lowest BCUT2D eigenvalue weighted by atomic mass is 10.2. The third kappa shape index (κ3) is 4.06. The predicted octanol–water partition coefficient (Wildman–Crippen LogP) is 5.79. The summed E-state index contributed by atoms with van der Waals surface area (Å²) in [6.07, 6.45) is 8.01. The van der Waals surface area contributed by atoms with Crippen molar-refractivity contribution in [2.24, 2.45) is 0 Å². The molecule has 3 nitrogen and oxygen atoms in total. The molecular weight excluding hydrogens is 336 g/mol. The lowest BCUT2D eigenvalue weighted by Gasteiger charge is -2.27. The predicted molar refractivity (Wildman–Crippen MR) is 109 cm³/mol. The molecule has 5 heteroatoms. The van der Waals surface area contributed by atoms with Gasteiger partial charge >= 0.3 is 0 Å². The Hall–Kier alpha value is -2.08. The van der Waals surface area contributed by atoms with Gasteiger partial charge in [0.25, 0.3) is 0 Å². The van der Waals surface area contributed by atoms with Gasteiger partial charge in [0.2, 0.25) is 0 Å². The first-order chi connectivity index (χ1) is 11.6. The van der Waals surface area contributed by atoms with Crippen molar-refractivity contribution in [1.29, 1.82) is 0 Å². The van der Waals surface area contributed by atoms with E-state index in [4.69, 9.17) is 9.47 Å². The van der Waals surface area contributed by atoms with Crippen molar-refractivity contribution in [3.05, 3.63) is 59.3 Å². The SMILES string of the molecule is C=PC(P=C)=C(C)N(c1ccc(OC)cc1)c1ccc(OC)cc1. The summed E-state index contributed by atoms with van der Waals surface area (Å²) < 4.78 is 10.5. The number of anilines is 2. The summed E-state index contributed by atoms with van der Waals surface area (Å²) in [5.74, 6) is 1.67. The van der Waals surface area contributed by atoms with Gasteiger partial charge in [-0.25, -0.2) is 0 Å². The first kappa shape index (κ1) is 18.3. The molecule has 0 saturated heterocycles. The lowest BCUT2D eigenvalue weighted by molar-refractivity contribution is 0.415. The normalized spacial score (nSPS) is 10.5. The van der Waals surface area contributed by atoms with Crippen molar-refractivity contribution in [1.82, 2.24) is 0 Å². The Labute approximate surface area is 147 Å². The Kier molecular flexibility index (Phi) is 6.61. The van der Waals surface area contributed by atoms with E-state index in [2.05, 4.69) is 24.4 Å². The van der Waals surface area contributed by atoms with Gasteiger partial charge in [0, 0.05) is 22.1 Å². The summed E-state index contributed by atoms with van der Waals surface area (Å²) >= 11 is 0. The second kappa shape index (κ2) is 8.68. The minimum Gasteiger partial charge on any atom is -0.497 e. The van der Waals surface area contributed by atoms with Gasteiger partial charge in [0.05, 0.1) is 14.2 Å². The lowest BCUT2D eigenvalue weighted by Crippen LogP contribution is -2.14. The van der Waals surface area contributed by atoms with E-state index in [1.54, 1.807) is 14.2 Å². The summed E-state index contributed by atoms with van der Waals surface area (Å²) in [4.78, 5) is 2.20. The smallest absolute Gasteiger partial charge is 0.119 e. The van der Waals surface area contributed by atoms with Crippen molar-refractivity contribution in [3.8, 4) is 11.5 Å². The van der Waals surface area contributed by atoms with E-state index in [-0.39, 0.29) is 0 Å². The summed E-state index contributed by atoms with van der Waals surface area (Å²) in [6, 6.07) is 16.0. The van der Waals surface area contributed by atoms with Gasteiger partial charge in [-0.2, -0.15) is 0 Å². The molecule has 0 aliphatic carbocycles. The van der Waals surface area contributed by atoms with Gasteiger partial charge in [0.15, 0.2) is 0 Å². The Morgan fingerprint density at radius 2 is 1.17 bits per heavy atom. The highest BCUT2D eigenvalue weighted by Gasteiger charge is 2.14. The standard InChI is InChI=1S/C19H21NO2P2/c1-14(19(23-4)24-5)20(15-6-10-17(21-2)11-7-15)16-8-12-18(22-3)13-9-16/h6-13H,4-5H2,1-3H3. The molecule has 0 fully saturated rings. The van der Waals surface area contributed by atoms with Crippen molar-refractivity contribution in [3.63, 3.8) is 0 Å². The molecule has 0 aromatic heterocycles. The molecule has 24 heavy (non-hydrogen) atoms. The zero-order chi connectivity index (χ0) is 17.5. The van der Waals surface area contributed by atoms with Crippen LogP contribution in [0.15, 0.2) is 59.3 Å². The van der Waals surface area contributed by atoms with Gasteiger partial charge in [-0.1, -0.05) is 29.0 Å². The molecule has 0 amide bonds. The number of nitrogens with zero attached hydrogens (tertiary/aromatic N) is 1. The van der Waals surface area contributed by atoms with Crippen LogP contribution in [0.1, 0.15) is 6.92 Å². The molecule has 0 aliphatic heterocycles. The fraction of sp³-hybridized carbons (Fsp3) is 0.158. The van der Waals surface area contributed by atoms with Gasteiger partial charge in [-0.15, -0.1) is 0 Å². The van der Waals surface area contributed by atoms with Crippen LogP contribution in [-0.2, 0) is 0 Å². The van der Waals surface area contributed by atoms with Crippen molar-refractivity contribution in [2.75, 3.05) is 19.1 Å². The van der Waals surface area contributed by atoms with E-state index in [0.717, 1.165) is 45.0 Å². The Bertz CT molecular complexity index is 679. The summed E-state index contributed by atoms with van der Waals surface area (Å²) in [7, 11) is 5.28. The molecule has 0 spiro atoms. The number of methoxy groups -OCH3 is 2. The number of hydrogen-bond acceptors (Lipinski definition) is 3. The molecule has 2 aromatic rings. The average Bonchev–Trinajstić information content (AvgIpc) is 2.64. The minimum absolute atomic E-state index is 0.834. The maximum absolute atomic E-state index is 5.27. The molecule has 0 radical (unpaired) electrons. The molecular formula is C19H21NO2P2. The molecule has 0 aliphatic rings. The molecule has 0 atom stereocenters. The van der Waals surface area contributed by atoms with E-state index in [1.165, 1.54) is 5.06 Å². The average molecular weight is 357 g/mol. The van der Waals surface area contributed by atoms with Crippen LogP contribution in [0.25, 0.3) is 0 Å². The van der Waals surface area contributed by atoms with Gasteiger partial charge < -0.3 is 14.4 Å². The van der Waals surface area contributed by atoms with Crippen molar-refractivity contribution >= 4 is 40.4 Å². The summed E-state index contributed by atoms with van der Waals surface area (Å²) in [6.45, 7) is 2.10. The first-order valence-corrected chi connectivity index (χ1v) is 9.53. The third-order valence-corrected chi connectivity index (χ3v) is 5.71. The van der Waals surface area contributed by atoms with Crippen LogP contribution in [0.2, 0.25) is 0 Å². The van der Waals surface area contributed by atoms with Crippen LogP contribution in [0.4, 0.5) is 11.4 Å². The number of rotatable bonds is 7. The van der Waals surface area contributed by atoms with E-state index >= 15 is 0 Å². The monoisotopic (exact) mass is 357 g/mol. The van der Waals surface area contributed by atoms with Crippen LogP contribution >= 0.6 is 16.4 Å². The van der Waals surface area contributed by atoms with Crippen LogP contribution in [0.3, 0.4) is 0 Å². The summed E-state index contributed by atoms with van der Waals surface area (Å²) in [5, 5.41) is 1.17. The van der Waals surface area contributed by atoms with Crippen LogP contribution in [0.5, 0.6) is 11.5 Å². The largest absolute Gasteiger partial charge is 0.497 e. The molecule has 0 heterocycles. The van der Waals surface area contributed by atoms with Crippen LogP contribution in [0, 0.1) is 0 Å². The number of allylic oxidation sites excluding steroid dienone is 1. The van der Waals surface area contributed by atoms with Crippen molar-refractivity contribution < 1.29 is 9.47 Å². The topological polar surface area (TPSA) is 21.7 Å². The number of benzene rings is 2. The maximum Gasteiger partial charge on any atom is 0.119 e. The highest BCUT2D eigenvalue weighted by Crippen LogP contribution is 2.37. The molecule has 2 aromatic carbocycles. The van der Waals surface area contributed by atoms with Crippen LogP contribution in [-0.4, -0.2) is 26.8 Å². The quantitative estimate of drug-likeness (QED) is 0.586. The first-order valence-electron chi connectivity index (χ1n) is 7.37. The van der Waals surface area contributed by atoms with E-state index < -0.39 is 0 Å². The highest BCUT2D eigenvalue weighted by molar-refractivity contribution is 7.62. The van der Waals surface area contributed by atoms with E-state index in [0.29, 0.717) is 0 Å². The van der Waals surface area contributed by atoms with Gasteiger partial charge in [0.1, 0.15) is 11.5 Å². The van der Waals surface area contributed by atoms with Gasteiger partial charge in [-0.05, 0) is 55.5 Å². The molecule has 0 unspecified atom stereocenters. The molecule has 124 valence electrons. The second-order valence-electron chi connectivity index (χ2n) is 4.96. The minimum atomic E-state index is 0.834. The number of ether oxygens (including phenoxy) is 2. The molecule has 0 saturated carbocycles. The van der Waals surface area contributed by atoms with Crippen molar-refractivity contribution in [2.45, 2.75) is 6.92 Å². The zero-order valence-electron chi connectivity index (χ0n) is 14.2. The molecule has 0 bridgehead atoms. The number of hydrogen-bond donors (Lipinski definition) is 0. The van der Waals surface area contributed by atoms with E-state index in [1.807, 2.05) is 48.5 Å². The fourth-order valence-corrected chi connectivity index (χ4v) is 3.44. The van der Waals surface area contributed by atoms with Crippen LogP contribution < -0.4 is 14.4 Å². The Morgan fingerprint density at radius 1 is 0.792 bits per heavy atom. The molecule has 2 rings (SSSR count). The summed E-state index contributed by atoms with van der Waals surface area (Å²) in [5.41, 5.74) is 3.24. The van der Waals surface area contributed by atoms with Gasteiger partial charge in [-0.3, -0.25) is 0 Å².